The summed E-state index contributed by atoms with van der Waals surface area (Å²) in [6.07, 6.45) is 0. The van der Waals surface area contributed by atoms with Crippen molar-refractivity contribution in [2.24, 2.45) is 5.16 Å². The molecule has 1 aromatic carbocycles. The number of nitrogens with zero attached hydrogens (tertiary/aromatic N) is 1. The molecule has 0 aliphatic heterocycles. The van der Waals surface area contributed by atoms with Crippen LogP contribution in [-0.2, 0) is 4.84 Å². The minimum absolute atomic E-state index is 0.614. The highest BCUT2D eigenvalue weighted by Crippen LogP contribution is 2.05. The molecule has 0 radical (unpaired) electrons. The first-order chi connectivity index (χ1) is 6.24. The lowest BCUT2D eigenvalue weighted by Crippen LogP contribution is -1.96. The molecule has 0 N–H and O–H groups in total. The van der Waals surface area contributed by atoms with Crippen molar-refractivity contribution in [2.45, 2.75) is 20.8 Å². The summed E-state index contributed by atoms with van der Waals surface area (Å²) in [5.41, 5.74) is 3.28. The minimum Gasteiger partial charge on any atom is -0.396 e. The molecule has 2 nitrogen and oxygen atoms in total. The minimum atomic E-state index is 0.614. The van der Waals surface area contributed by atoms with Gasteiger partial charge in [0.2, 0.25) is 0 Å². The lowest BCUT2D eigenvalue weighted by atomic mass is 10.1. The van der Waals surface area contributed by atoms with Gasteiger partial charge in [0.05, 0.1) is 5.71 Å². The van der Waals surface area contributed by atoms with Crippen LogP contribution in [0.25, 0.3) is 0 Å². The first-order valence-electron chi connectivity index (χ1n) is 4.47. The van der Waals surface area contributed by atoms with E-state index in [0.717, 1.165) is 11.3 Å². The van der Waals surface area contributed by atoms with Gasteiger partial charge in [-0.15, -0.1) is 0 Å². The van der Waals surface area contributed by atoms with Gasteiger partial charge < -0.3 is 4.84 Å². The average Bonchev–Trinajstić information content (AvgIpc) is 2.14. The molecule has 13 heavy (non-hydrogen) atoms. The van der Waals surface area contributed by atoms with E-state index in [1.54, 1.807) is 0 Å². The fraction of sp³-hybridized carbons (Fsp3) is 0.364. The highest BCUT2D eigenvalue weighted by molar-refractivity contribution is 5.98. The Morgan fingerprint density at radius 3 is 2.85 bits per heavy atom. The number of oxime groups is 1. The van der Waals surface area contributed by atoms with E-state index in [2.05, 4.69) is 24.2 Å². The monoisotopic (exact) mass is 177 g/mol. The molecule has 0 amide bonds. The second-order valence-corrected chi connectivity index (χ2v) is 2.96. The standard InChI is InChI=1S/C11H15NO/c1-4-13-12-10(3)11-7-5-6-9(2)8-11/h5-8H,4H2,1-3H3. The van der Waals surface area contributed by atoms with Crippen molar-refractivity contribution in [1.82, 2.24) is 0 Å². The fourth-order valence-electron chi connectivity index (χ4n) is 1.08. The average molecular weight is 177 g/mol. The second-order valence-electron chi connectivity index (χ2n) is 2.96. The zero-order valence-corrected chi connectivity index (χ0v) is 8.37. The third-order valence-corrected chi connectivity index (χ3v) is 1.77. The Bertz CT molecular complexity index is 305. The first-order valence-corrected chi connectivity index (χ1v) is 4.47. The summed E-state index contributed by atoms with van der Waals surface area (Å²) in [6, 6.07) is 8.22. The van der Waals surface area contributed by atoms with Crippen molar-refractivity contribution in [3.05, 3.63) is 35.4 Å². The van der Waals surface area contributed by atoms with Gasteiger partial charge in [0.25, 0.3) is 0 Å². The molecule has 1 aromatic rings. The van der Waals surface area contributed by atoms with E-state index < -0.39 is 0 Å². The molecule has 0 fully saturated rings. The molecular formula is C11H15NO. The van der Waals surface area contributed by atoms with Crippen molar-refractivity contribution in [3.63, 3.8) is 0 Å². The third-order valence-electron chi connectivity index (χ3n) is 1.77. The van der Waals surface area contributed by atoms with Gasteiger partial charge >= 0.3 is 0 Å². The van der Waals surface area contributed by atoms with Crippen LogP contribution in [0.15, 0.2) is 29.4 Å². The Balaban J connectivity index is 2.82. The highest BCUT2D eigenvalue weighted by atomic mass is 16.6. The number of aryl methyl sites for hydroxylation is 1. The topological polar surface area (TPSA) is 21.6 Å². The van der Waals surface area contributed by atoms with Crippen molar-refractivity contribution >= 4 is 5.71 Å². The summed E-state index contributed by atoms with van der Waals surface area (Å²) < 4.78 is 0. The molecule has 0 aliphatic carbocycles. The fourth-order valence-corrected chi connectivity index (χ4v) is 1.08. The van der Waals surface area contributed by atoms with Crippen LogP contribution < -0.4 is 0 Å². The van der Waals surface area contributed by atoms with Crippen molar-refractivity contribution in [1.29, 1.82) is 0 Å². The van der Waals surface area contributed by atoms with Crippen LogP contribution in [-0.4, -0.2) is 12.3 Å². The van der Waals surface area contributed by atoms with Gasteiger partial charge in [0.15, 0.2) is 0 Å². The number of rotatable bonds is 3. The van der Waals surface area contributed by atoms with E-state index in [-0.39, 0.29) is 0 Å². The van der Waals surface area contributed by atoms with Crippen LogP contribution in [0.3, 0.4) is 0 Å². The van der Waals surface area contributed by atoms with Crippen LogP contribution in [0.1, 0.15) is 25.0 Å². The molecule has 0 unspecified atom stereocenters. The highest BCUT2D eigenvalue weighted by Gasteiger charge is 1.96. The number of hydrogen-bond acceptors (Lipinski definition) is 2. The van der Waals surface area contributed by atoms with Gasteiger partial charge in [-0.2, -0.15) is 0 Å². The van der Waals surface area contributed by atoms with Gasteiger partial charge in [-0.1, -0.05) is 35.0 Å². The quantitative estimate of drug-likeness (QED) is 0.514. The van der Waals surface area contributed by atoms with Crippen LogP contribution >= 0.6 is 0 Å². The van der Waals surface area contributed by atoms with E-state index in [9.17, 15) is 0 Å². The summed E-state index contributed by atoms with van der Waals surface area (Å²) in [6.45, 7) is 6.55. The molecule has 0 aliphatic rings. The van der Waals surface area contributed by atoms with Gasteiger partial charge in [0, 0.05) is 0 Å². The van der Waals surface area contributed by atoms with Gasteiger partial charge in [-0.25, -0.2) is 0 Å². The normalized spacial score (nSPS) is 11.5. The van der Waals surface area contributed by atoms with Crippen molar-refractivity contribution in [2.75, 3.05) is 6.61 Å². The Morgan fingerprint density at radius 2 is 2.23 bits per heavy atom. The lowest BCUT2D eigenvalue weighted by molar-refractivity contribution is 0.159. The second kappa shape index (κ2) is 4.65. The lowest BCUT2D eigenvalue weighted by Gasteiger charge is -2.01. The van der Waals surface area contributed by atoms with Crippen LogP contribution in [0, 0.1) is 6.92 Å². The smallest absolute Gasteiger partial charge is 0.114 e. The Labute approximate surface area is 79.2 Å². The Morgan fingerprint density at radius 1 is 1.46 bits per heavy atom. The predicted molar refractivity (Wildman–Crippen MR) is 55.0 cm³/mol. The maximum absolute atomic E-state index is 4.98. The van der Waals surface area contributed by atoms with E-state index in [4.69, 9.17) is 4.84 Å². The van der Waals surface area contributed by atoms with Crippen molar-refractivity contribution in [3.8, 4) is 0 Å². The SMILES string of the molecule is CCON=C(C)c1cccc(C)c1. The Kier molecular flexibility index (Phi) is 3.50. The molecule has 2 heteroatoms. The van der Waals surface area contributed by atoms with Crippen LogP contribution in [0.4, 0.5) is 0 Å². The summed E-state index contributed by atoms with van der Waals surface area (Å²) in [5.74, 6) is 0. The molecule has 0 atom stereocenters. The molecule has 0 aromatic heterocycles. The third kappa shape index (κ3) is 2.90. The molecule has 0 spiro atoms. The van der Waals surface area contributed by atoms with E-state index >= 15 is 0 Å². The zero-order valence-electron chi connectivity index (χ0n) is 8.37. The largest absolute Gasteiger partial charge is 0.396 e. The molecule has 0 saturated carbocycles. The number of benzene rings is 1. The summed E-state index contributed by atoms with van der Waals surface area (Å²) in [7, 11) is 0. The van der Waals surface area contributed by atoms with E-state index in [0.29, 0.717) is 6.61 Å². The molecular weight excluding hydrogens is 162 g/mol. The number of hydrogen-bond donors (Lipinski definition) is 0. The summed E-state index contributed by atoms with van der Waals surface area (Å²) in [5, 5.41) is 3.97. The molecule has 0 bridgehead atoms. The van der Waals surface area contributed by atoms with E-state index in [1.165, 1.54) is 5.56 Å². The van der Waals surface area contributed by atoms with Crippen LogP contribution in [0.5, 0.6) is 0 Å². The van der Waals surface area contributed by atoms with Crippen LogP contribution in [0.2, 0.25) is 0 Å². The Hall–Kier alpha value is -1.31. The van der Waals surface area contributed by atoms with Gasteiger partial charge in [-0.05, 0) is 26.3 Å². The van der Waals surface area contributed by atoms with E-state index in [1.807, 2.05) is 26.0 Å². The molecule has 1 rings (SSSR count). The molecule has 0 saturated heterocycles. The molecule has 0 heterocycles. The molecule has 70 valence electrons. The first kappa shape index (κ1) is 9.78. The van der Waals surface area contributed by atoms with Gasteiger partial charge in [-0.3, -0.25) is 0 Å². The maximum Gasteiger partial charge on any atom is 0.114 e. The predicted octanol–water partition coefficient (Wildman–Crippen LogP) is 2.76. The van der Waals surface area contributed by atoms with Crippen molar-refractivity contribution < 1.29 is 4.84 Å². The van der Waals surface area contributed by atoms with Gasteiger partial charge in [0.1, 0.15) is 6.61 Å². The summed E-state index contributed by atoms with van der Waals surface area (Å²) >= 11 is 0. The zero-order chi connectivity index (χ0) is 9.68. The maximum atomic E-state index is 4.98. The summed E-state index contributed by atoms with van der Waals surface area (Å²) in [4.78, 5) is 4.98.